The fourth-order valence-electron chi connectivity index (χ4n) is 3.22. The quantitative estimate of drug-likeness (QED) is 0.722. The summed E-state index contributed by atoms with van der Waals surface area (Å²) in [5, 5.41) is 9.17. The molecule has 0 radical (unpaired) electrons. The Kier molecular flexibility index (Phi) is 5.85. The van der Waals surface area contributed by atoms with Crippen molar-refractivity contribution >= 4 is 17.8 Å². The maximum absolute atomic E-state index is 12.0. The number of aromatic nitrogens is 1. The first kappa shape index (κ1) is 17.9. The highest BCUT2D eigenvalue weighted by Crippen LogP contribution is 2.17. The van der Waals surface area contributed by atoms with Crippen LogP contribution >= 0.6 is 0 Å². The van der Waals surface area contributed by atoms with Crippen LogP contribution in [-0.4, -0.2) is 47.2 Å². The van der Waals surface area contributed by atoms with Crippen LogP contribution < -0.4 is 16.4 Å². The second-order valence-corrected chi connectivity index (χ2v) is 6.40. The minimum atomic E-state index is -0.331. The normalized spacial score (nSPS) is 16.8. The van der Waals surface area contributed by atoms with Gasteiger partial charge in [0.05, 0.1) is 6.04 Å². The van der Waals surface area contributed by atoms with Crippen LogP contribution in [0.4, 0.5) is 10.6 Å². The Morgan fingerprint density at radius 1 is 1.23 bits per heavy atom. The van der Waals surface area contributed by atoms with Crippen LogP contribution in [0.5, 0.6) is 0 Å². The molecule has 138 valence electrons. The van der Waals surface area contributed by atoms with Gasteiger partial charge in [-0.1, -0.05) is 35.5 Å². The van der Waals surface area contributed by atoms with Gasteiger partial charge in [-0.3, -0.25) is 15.0 Å². The largest absolute Gasteiger partial charge is 0.368 e. The number of carbonyl (C=O) groups excluding carboxylic acids is 2. The summed E-state index contributed by atoms with van der Waals surface area (Å²) in [6.07, 6.45) is 3.50. The fourth-order valence-corrected chi connectivity index (χ4v) is 3.22. The molecular weight excluding hydrogens is 334 g/mol. The first-order valence-corrected chi connectivity index (χ1v) is 8.67. The first-order valence-electron chi connectivity index (χ1n) is 8.67. The van der Waals surface area contributed by atoms with Crippen molar-refractivity contribution in [2.45, 2.75) is 31.3 Å². The van der Waals surface area contributed by atoms with Gasteiger partial charge in [0, 0.05) is 25.2 Å². The number of carbonyl (C=O) groups is 2. The molecule has 0 bridgehead atoms. The Labute approximate surface area is 151 Å². The fraction of sp³-hybridized carbons (Fsp3) is 0.389. The topological polar surface area (TPSA) is 113 Å². The number of nitrogens with zero attached hydrogens (tertiary/aromatic N) is 2. The summed E-state index contributed by atoms with van der Waals surface area (Å²) < 4.78 is 4.67. The maximum Gasteiger partial charge on any atom is 0.320 e. The van der Waals surface area contributed by atoms with Crippen LogP contribution in [0.3, 0.4) is 0 Å². The minimum absolute atomic E-state index is 0.0448. The molecule has 4 N–H and O–H groups in total. The monoisotopic (exact) mass is 357 g/mol. The second-order valence-electron chi connectivity index (χ2n) is 6.40. The van der Waals surface area contributed by atoms with E-state index in [2.05, 4.69) is 25.2 Å². The minimum Gasteiger partial charge on any atom is -0.368 e. The Morgan fingerprint density at radius 2 is 1.96 bits per heavy atom. The lowest BCUT2D eigenvalue weighted by molar-refractivity contribution is -0.123. The van der Waals surface area contributed by atoms with Crippen LogP contribution in [0.1, 0.15) is 18.4 Å². The third kappa shape index (κ3) is 4.82. The zero-order valence-electron chi connectivity index (χ0n) is 14.4. The predicted molar refractivity (Wildman–Crippen MR) is 96.4 cm³/mol. The molecule has 2 heterocycles. The summed E-state index contributed by atoms with van der Waals surface area (Å²) >= 11 is 0. The lowest BCUT2D eigenvalue weighted by Crippen LogP contribution is -2.53. The number of amides is 3. The molecule has 1 unspecified atom stereocenters. The molecule has 1 atom stereocenters. The molecule has 3 rings (SSSR count). The third-order valence-electron chi connectivity index (χ3n) is 4.59. The number of hydrogen-bond donors (Lipinski definition) is 3. The van der Waals surface area contributed by atoms with E-state index in [0.29, 0.717) is 25.3 Å². The van der Waals surface area contributed by atoms with Gasteiger partial charge in [-0.25, -0.2) is 4.79 Å². The zero-order valence-corrected chi connectivity index (χ0v) is 14.4. The number of primary amides is 1. The van der Waals surface area contributed by atoms with Crippen LogP contribution in [0, 0.1) is 0 Å². The maximum atomic E-state index is 12.0. The van der Waals surface area contributed by atoms with E-state index in [-0.39, 0.29) is 24.0 Å². The van der Waals surface area contributed by atoms with E-state index < -0.39 is 0 Å². The number of nitrogens with two attached hydrogens (primary N) is 1. The number of piperidine rings is 1. The number of anilines is 1. The smallest absolute Gasteiger partial charge is 0.320 e. The predicted octanol–water partition coefficient (Wildman–Crippen LogP) is 1.36. The average molecular weight is 357 g/mol. The van der Waals surface area contributed by atoms with Gasteiger partial charge in [-0.15, -0.1) is 0 Å². The van der Waals surface area contributed by atoms with E-state index in [4.69, 9.17) is 5.73 Å². The van der Waals surface area contributed by atoms with Gasteiger partial charge in [0.1, 0.15) is 6.26 Å². The molecule has 0 saturated carbocycles. The lowest BCUT2D eigenvalue weighted by Gasteiger charge is -2.36. The van der Waals surface area contributed by atoms with Crippen LogP contribution in [-0.2, 0) is 11.2 Å². The van der Waals surface area contributed by atoms with E-state index in [1.165, 1.54) is 6.26 Å². The van der Waals surface area contributed by atoms with Crippen molar-refractivity contribution in [1.29, 1.82) is 0 Å². The Balaban J connectivity index is 1.49. The van der Waals surface area contributed by atoms with E-state index >= 15 is 0 Å². The molecule has 1 aromatic heterocycles. The highest BCUT2D eigenvalue weighted by Gasteiger charge is 2.29. The van der Waals surface area contributed by atoms with Crippen molar-refractivity contribution in [2.24, 2.45) is 5.73 Å². The molecule has 1 aliphatic rings. The van der Waals surface area contributed by atoms with Gasteiger partial charge in [-0.05, 0) is 24.8 Å². The average Bonchev–Trinajstić information content (AvgIpc) is 3.14. The molecule has 8 heteroatoms. The number of rotatable bonds is 6. The van der Waals surface area contributed by atoms with E-state index in [9.17, 15) is 9.59 Å². The van der Waals surface area contributed by atoms with Crippen LogP contribution in [0.25, 0.3) is 0 Å². The van der Waals surface area contributed by atoms with Crippen molar-refractivity contribution in [3.63, 3.8) is 0 Å². The molecule has 2 aromatic rings. The summed E-state index contributed by atoms with van der Waals surface area (Å²) in [5.74, 6) is 0.0561. The molecule has 0 aliphatic carbocycles. The van der Waals surface area contributed by atoms with Gasteiger partial charge in [-0.2, -0.15) is 0 Å². The summed E-state index contributed by atoms with van der Waals surface area (Å²) in [4.78, 5) is 26.0. The third-order valence-corrected chi connectivity index (χ3v) is 4.59. The Hall–Kier alpha value is -2.87. The van der Waals surface area contributed by atoms with Crippen molar-refractivity contribution in [2.75, 3.05) is 18.4 Å². The molecule has 1 aliphatic heterocycles. The highest BCUT2D eigenvalue weighted by molar-refractivity contribution is 5.88. The molecular formula is C18H23N5O3. The van der Waals surface area contributed by atoms with E-state index in [1.54, 1.807) is 6.07 Å². The molecule has 0 spiro atoms. The standard InChI is InChI=1S/C18H23N5O3/c19-17(24)15(12-13-4-2-1-3-5-13)23-9-6-14(7-10-23)20-18(25)21-16-8-11-26-22-16/h1-5,8,11,14-15H,6-7,9-10,12H2,(H2,19,24)(H2,20,21,22,25). The molecule has 1 fully saturated rings. The van der Waals surface area contributed by atoms with Crippen molar-refractivity contribution in [1.82, 2.24) is 15.4 Å². The van der Waals surface area contributed by atoms with Gasteiger partial charge < -0.3 is 15.6 Å². The number of hydrogen-bond acceptors (Lipinski definition) is 5. The Morgan fingerprint density at radius 3 is 2.58 bits per heavy atom. The first-order chi connectivity index (χ1) is 12.6. The van der Waals surface area contributed by atoms with Crippen molar-refractivity contribution < 1.29 is 14.1 Å². The van der Waals surface area contributed by atoms with Gasteiger partial charge in [0.15, 0.2) is 5.82 Å². The lowest BCUT2D eigenvalue weighted by atomic mass is 9.99. The number of benzene rings is 1. The molecule has 26 heavy (non-hydrogen) atoms. The number of likely N-dealkylation sites (tertiary alicyclic amines) is 1. The molecule has 8 nitrogen and oxygen atoms in total. The molecule has 3 amide bonds. The SMILES string of the molecule is NC(=O)C(Cc1ccccc1)N1CCC(NC(=O)Nc2ccon2)CC1. The summed E-state index contributed by atoms with van der Waals surface area (Å²) in [7, 11) is 0. The highest BCUT2D eigenvalue weighted by atomic mass is 16.5. The van der Waals surface area contributed by atoms with Gasteiger partial charge in [0.2, 0.25) is 5.91 Å². The zero-order chi connectivity index (χ0) is 18.4. The van der Waals surface area contributed by atoms with Crippen LogP contribution in [0.2, 0.25) is 0 Å². The number of urea groups is 1. The second kappa shape index (κ2) is 8.48. The van der Waals surface area contributed by atoms with Gasteiger partial charge >= 0.3 is 6.03 Å². The summed E-state index contributed by atoms with van der Waals surface area (Å²) in [6, 6.07) is 10.8. The van der Waals surface area contributed by atoms with Crippen LogP contribution in [0.15, 0.2) is 47.2 Å². The Bertz CT molecular complexity index is 712. The van der Waals surface area contributed by atoms with E-state index in [1.807, 2.05) is 30.3 Å². The van der Waals surface area contributed by atoms with E-state index in [0.717, 1.165) is 18.4 Å². The molecule has 1 saturated heterocycles. The molecule has 1 aromatic carbocycles. The number of nitrogens with one attached hydrogen (secondary N) is 2. The van der Waals surface area contributed by atoms with Crippen molar-refractivity contribution in [3.05, 3.63) is 48.2 Å². The van der Waals surface area contributed by atoms with Gasteiger partial charge in [0.25, 0.3) is 0 Å². The van der Waals surface area contributed by atoms with Crippen molar-refractivity contribution in [3.8, 4) is 0 Å². The summed E-state index contributed by atoms with van der Waals surface area (Å²) in [5.41, 5.74) is 6.72. The summed E-state index contributed by atoms with van der Waals surface area (Å²) in [6.45, 7) is 1.41.